The van der Waals surface area contributed by atoms with Gasteiger partial charge < -0.3 is 10.5 Å². The molecule has 4 rings (SSSR count). The summed E-state index contributed by atoms with van der Waals surface area (Å²) in [6.45, 7) is 6.08. The summed E-state index contributed by atoms with van der Waals surface area (Å²) in [6.07, 6.45) is 8.55. The molecule has 0 amide bonds. The molecule has 1 aliphatic rings. The standard InChI is InChI=1S/C22H30N6O/c1-2-3-13-29-22-25-20(23)21-24-15-19(28(21)26-22)14-17-9-5-6-10-18(17)16-27-11-7-4-8-12-27/h5-6,9-10,15H,2-4,7-8,11-14,16H2,1H3,(H2,23,25,26). The summed E-state index contributed by atoms with van der Waals surface area (Å²) >= 11 is 0. The minimum Gasteiger partial charge on any atom is -0.462 e. The number of likely N-dealkylation sites (tertiary alicyclic amines) is 1. The number of aromatic nitrogens is 4. The van der Waals surface area contributed by atoms with Crippen LogP contribution in [0, 0.1) is 0 Å². The predicted octanol–water partition coefficient (Wildman–Crippen LogP) is 3.46. The van der Waals surface area contributed by atoms with Crippen LogP contribution in [0.25, 0.3) is 5.65 Å². The average Bonchev–Trinajstić information content (AvgIpc) is 3.14. The number of rotatable bonds is 8. The third kappa shape index (κ3) is 4.67. The maximum atomic E-state index is 6.10. The van der Waals surface area contributed by atoms with Crippen molar-refractivity contribution in [2.24, 2.45) is 0 Å². The van der Waals surface area contributed by atoms with Gasteiger partial charge in [0.2, 0.25) is 0 Å². The van der Waals surface area contributed by atoms with Crippen molar-refractivity contribution < 1.29 is 4.74 Å². The molecule has 0 unspecified atom stereocenters. The third-order valence-corrected chi connectivity index (χ3v) is 5.50. The highest BCUT2D eigenvalue weighted by Crippen LogP contribution is 2.21. The summed E-state index contributed by atoms with van der Waals surface area (Å²) in [4.78, 5) is 11.2. The van der Waals surface area contributed by atoms with E-state index in [4.69, 9.17) is 10.5 Å². The molecule has 154 valence electrons. The lowest BCUT2D eigenvalue weighted by atomic mass is 10.0. The van der Waals surface area contributed by atoms with Crippen molar-refractivity contribution in [2.75, 3.05) is 25.4 Å². The SMILES string of the molecule is CCCCOc1nc(N)c2ncc(Cc3ccccc3CN3CCCCC3)n2n1. The van der Waals surface area contributed by atoms with Gasteiger partial charge in [-0.05, 0) is 43.5 Å². The van der Waals surface area contributed by atoms with Gasteiger partial charge in [-0.1, -0.05) is 44.0 Å². The molecule has 29 heavy (non-hydrogen) atoms. The van der Waals surface area contributed by atoms with Crippen LogP contribution in [-0.2, 0) is 13.0 Å². The van der Waals surface area contributed by atoms with Crippen LogP contribution in [0.5, 0.6) is 6.01 Å². The van der Waals surface area contributed by atoms with Gasteiger partial charge in [-0.25, -0.2) is 9.50 Å². The summed E-state index contributed by atoms with van der Waals surface area (Å²) in [5, 5.41) is 4.54. The Morgan fingerprint density at radius 1 is 1.10 bits per heavy atom. The van der Waals surface area contributed by atoms with Gasteiger partial charge in [0.25, 0.3) is 0 Å². The fourth-order valence-electron chi connectivity index (χ4n) is 3.86. The van der Waals surface area contributed by atoms with Gasteiger partial charge in [-0.2, -0.15) is 4.98 Å². The molecule has 1 aromatic carbocycles. The van der Waals surface area contributed by atoms with Crippen molar-refractivity contribution >= 4 is 11.5 Å². The molecule has 0 aliphatic carbocycles. The normalized spacial score (nSPS) is 15.1. The molecular weight excluding hydrogens is 364 g/mol. The number of nitrogens with zero attached hydrogens (tertiary/aromatic N) is 5. The van der Waals surface area contributed by atoms with E-state index in [0.29, 0.717) is 24.1 Å². The quantitative estimate of drug-likeness (QED) is 0.589. The summed E-state index contributed by atoms with van der Waals surface area (Å²) in [7, 11) is 0. The van der Waals surface area contributed by atoms with E-state index in [1.807, 2.05) is 6.20 Å². The lowest BCUT2D eigenvalue weighted by Crippen LogP contribution is -2.29. The molecule has 0 atom stereocenters. The van der Waals surface area contributed by atoms with Gasteiger partial charge in [0.15, 0.2) is 11.5 Å². The first-order valence-corrected chi connectivity index (χ1v) is 10.7. The van der Waals surface area contributed by atoms with Gasteiger partial charge in [-0.15, -0.1) is 5.10 Å². The van der Waals surface area contributed by atoms with Crippen molar-refractivity contribution in [1.82, 2.24) is 24.5 Å². The zero-order valence-corrected chi connectivity index (χ0v) is 17.2. The van der Waals surface area contributed by atoms with Crippen molar-refractivity contribution in [3.8, 4) is 6.01 Å². The number of hydrogen-bond acceptors (Lipinski definition) is 6. The number of ether oxygens (including phenoxy) is 1. The predicted molar refractivity (Wildman–Crippen MR) is 114 cm³/mol. The number of unbranched alkanes of at least 4 members (excludes halogenated alkanes) is 1. The van der Waals surface area contributed by atoms with Crippen LogP contribution < -0.4 is 10.5 Å². The highest BCUT2D eigenvalue weighted by atomic mass is 16.5. The second-order valence-corrected chi connectivity index (χ2v) is 7.75. The molecule has 2 aromatic heterocycles. The average molecular weight is 395 g/mol. The van der Waals surface area contributed by atoms with Crippen LogP contribution in [-0.4, -0.2) is 44.2 Å². The Labute approximate surface area is 171 Å². The maximum absolute atomic E-state index is 6.10. The summed E-state index contributed by atoms with van der Waals surface area (Å²) in [5.41, 5.74) is 10.3. The largest absolute Gasteiger partial charge is 0.462 e. The molecule has 0 radical (unpaired) electrons. The fraction of sp³-hybridized carbons (Fsp3) is 0.500. The molecule has 3 aromatic rings. The molecule has 1 aliphatic heterocycles. The van der Waals surface area contributed by atoms with E-state index in [9.17, 15) is 0 Å². The Morgan fingerprint density at radius 2 is 1.90 bits per heavy atom. The zero-order valence-electron chi connectivity index (χ0n) is 17.2. The van der Waals surface area contributed by atoms with Crippen molar-refractivity contribution in [1.29, 1.82) is 0 Å². The molecule has 7 nitrogen and oxygen atoms in total. The van der Waals surface area contributed by atoms with Crippen molar-refractivity contribution in [2.45, 2.75) is 52.0 Å². The number of anilines is 1. The molecule has 0 spiro atoms. The lowest BCUT2D eigenvalue weighted by molar-refractivity contribution is 0.220. The number of nitrogens with two attached hydrogens (primary N) is 1. The summed E-state index contributed by atoms with van der Waals surface area (Å²) in [5.74, 6) is 0.347. The number of hydrogen-bond donors (Lipinski definition) is 1. The van der Waals surface area contributed by atoms with Gasteiger partial charge in [0.05, 0.1) is 18.5 Å². The molecule has 1 saturated heterocycles. The van der Waals surface area contributed by atoms with Gasteiger partial charge in [0.1, 0.15) is 0 Å². The third-order valence-electron chi connectivity index (χ3n) is 5.50. The number of piperidine rings is 1. The van der Waals surface area contributed by atoms with Gasteiger partial charge >= 0.3 is 6.01 Å². The molecule has 0 bridgehead atoms. The molecule has 1 fully saturated rings. The van der Waals surface area contributed by atoms with E-state index in [2.05, 4.69) is 51.2 Å². The number of imidazole rings is 1. The Hall–Kier alpha value is -2.67. The van der Waals surface area contributed by atoms with Crippen molar-refractivity contribution in [3.63, 3.8) is 0 Å². The van der Waals surface area contributed by atoms with Crippen LogP contribution >= 0.6 is 0 Å². The smallest absolute Gasteiger partial charge is 0.336 e. The van der Waals surface area contributed by atoms with E-state index in [-0.39, 0.29) is 0 Å². The monoisotopic (exact) mass is 394 g/mol. The van der Waals surface area contributed by atoms with Crippen LogP contribution in [0.4, 0.5) is 5.82 Å². The van der Waals surface area contributed by atoms with Crippen LogP contribution in [0.3, 0.4) is 0 Å². The number of nitrogen functional groups attached to an aromatic ring is 1. The van der Waals surface area contributed by atoms with E-state index < -0.39 is 0 Å². The van der Waals surface area contributed by atoms with E-state index in [1.165, 1.54) is 43.5 Å². The summed E-state index contributed by atoms with van der Waals surface area (Å²) < 4.78 is 7.46. The Morgan fingerprint density at radius 3 is 2.69 bits per heavy atom. The van der Waals surface area contributed by atoms with E-state index >= 15 is 0 Å². The Kier molecular flexibility index (Phi) is 6.24. The van der Waals surface area contributed by atoms with E-state index in [1.54, 1.807) is 4.52 Å². The van der Waals surface area contributed by atoms with Crippen molar-refractivity contribution in [3.05, 3.63) is 47.3 Å². The first kappa shape index (κ1) is 19.6. The second kappa shape index (κ2) is 9.22. The fourth-order valence-corrected chi connectivity index (χ4v) is 3.86. The Balaban J connectivity index is 1.57. The van der Waals surface area contributed by atoms with E-state index in [0.717, 1.165) is 31.5 Å². The van der Waals surface area contributed by atoms with Gasteiger partial charge in [0, 0.05) is 13.0 Å². The molecule has 3 heterocycles. The highest BCUT2D eigenvalue weighted by Gasteiger charge is 2.16. The Bertz CT molecular complexity index is 948. The number of fused-ring (bicyclic) bond motifs is 1. The first-order valence-electron chi connectivity index (χ1n) is 10.7. The molecule has 0 saturated carbocycles. The molecular formula is C22H30N6O. The highest BCUT2D eigenvalue weighted by molar-refractivity contribution is 5.59. The van der Waals surface area contributed by atoms with Crippen LogP contribution in [0.15, 0.2) is 30.5 Å². The number of benzene rings is 1. The lowest BCUT2D eigenvalue weighted by Gasteiger charge is -2.27. The first-order chi connectivity index (χ1) is 14.2. The second-order valence-electron chi connectivity index (χ2n) is 7.75. The minimum atomic E-state index is 0.310. The topological polar surface area (TPSA) is 81.6 Å². The molecule has 7 heteroatoms. The van der Waals surface area contributed by atoms with Crippen LogP contribution in [0.2, 0.25) is 0 Å². The maximum Gasteiger partial charge on any atom is 0.336 e. The minimum absolute atomic E-state index is 0.310. The zero-order chi connectivity index (χ0) is 20.1. The van der Waals surface area contributed by atoms with Gasteiger partial charge in [-0.3, -0.25) is 4.90 Å². The molecule has 2 N–H and O–H groups in total. The van der Waals surface area contributed by atoms with Crippen LogP contribution in [0.1, 0.15) is 55.8 Å². The summed E-state index contributed by atoms with van der Waals surface area (Å²) in [6, 6.07) is 8.96.